The molecule has 1 unspecified atom stereocenters. The van der Waals surface area contributed by atoms with Crippen LogP contribution in [0, 0.1) is 0 Å². The summed E-state index contributed by atoms with van der Waals surface area (Å²) in [7, 11) is 0. The minimum Gasteiger partial charge on any atom is -0.368 e. The molecular weight excluding hydrogens is 260 g/mol. The lowest BCUT2D eigenvalue weighted by atomic mass is 10.1. The number of nitrogens with zero attached hydrogens (tertiary/aromatic N) is 2. The van der Waals surface area contributed by atoms with Crippen LogP contribution in [0.2, 0.25) is 0 Å². The maximum Gasteiger partial charge on any atom is 0.0894 e. The molecule has 4 heteroatoms. The molecule has 4 nitrogen and oxygen atoms in total. The maximum absolute atomic E-state index is 6.26. The van der Waals surface area contributed by atoms with E-state index < -0.39 is 0 Å². The number of pyridine rings is 2. The van der Waals surface area contributed by atoms with Gasteiger partial charge in [-0.15, -0.1) is 0 Å². The van der Waals surface area contributed by atoms with Gasteiger partial charge in [0.2, 0.25) is 0 Å². The fraction of sp³-hybridized carbons (Fsp3) is 0.353. The Bertz CT molecular complexity index is 777. The molecule has 0 bridgehead atoms. The van der Waals surface area contributed by atoms with Gasteiger partial charge in [0.25, 0.3) is 0 Å². The summed E-state index contributed by atoms with van der Waals surface area (Å²) in [6.07, 6.45) is 5.51. The molecule has 1 aromatic carbocycles. The van der Waals surface area contributed by atoms with E-state index in [0.29, 0.717) is 0 Å². The Kier molecular flexibility index (Phi) is 3.04. The summed E-state index contributed by atoms with van der Waals surface area (Å²) >= 11 is 0. The van der Waals surface area contributed by atoms with E-state index in [4.69, 9.17) is 10.7 Å². The van der Waals surface area contributed by atoms with E-state index in [1.54, 1.807) is 0 Å². The zero-order chi connectivity index (χ0) is 14.2. The zero-order valence-electron chi connectivity index (χ0n) is 12.0. The number of fused-ring (bicyclic) bond motifs is 2. The Morgan fingerprint density at radius 1 is 1.14 bits per heavy atom. The van der Waals surface area contributed by atoms with Crippen LogP contribution in [0.5, 0.6) is 0 Å². The van der Waals surface area contributed by atoms with Crippen LogP contribution < -0.4 is 10.6 Å². The fourth-order valence-corrected chi connectivity index (χ4v) is 3.39. The largest absolute Gasteiger partial charge is 0.368 e. The first kappa shape index (κ1) is 12.7. The SMILES string of the molecule is NC1CCCCN(c2c3cccc3nc3ccc[nH]c23)C1. The minimum absolute atomic E-state index is 0.254. The van der Waals surface area contributed by atoms with Gasteiger partial charge in [0.1, 0.15) is 0 Å². The summed E-state index contributed by atoms with van der Waals surface area (Å²) in [5.74, 6) is 0. The van der Waals surface area contributed by atoms with Crippen molar-refractivity contribution in [1.82, 2.24) is 9.97 Å². The lowest BCUT2D eigenvalue weighted by Crippen LogP contribution is -2.36. The third kappa shape index (κ3) is 2.16. The molecule has 1 atom stereocenters. The Morgan fingerprint density at radius 2 is 2.05 bits per heavy atom. The zero-order valence-corrected chi connectivity index (χ0v) is 12.0. The number of anilines is 1. The predicted octanol–water partition coefficient (Wildman–Crippen LogP) is 3.03. The molecule has 0 radical (unpaired) electrons. The number of hydrogen-bond acceptors (Lipinski definition) is 3. The van der Waals surface area contributed by atoms with Crippen LogP contribution in [0.4, 0.5) is 5.69 Å². The van der Waals surface area contributed by atoms with E-state index in [-0.39, 0.29) is 6.04 Å². The number of aromatic amines is 1. The van der Waals surface area contributed by atoms with Crippen molar-refractivity contribution in [2.45, 2.75) is 25.3 Å². The molecule has 108 valence electrons. The second kappa shape index (κ2) is 5.04. The molecular formula is C17H20N4. The molecule has 0 saturated carbocycles. The highest BCUT2D eigenvalue weighted by molar-refractivity contribution is 6.06. The van der Waals surface area contributed by atoms with E-state index in [1.165, 1.54) is 23.9 Å². The van der Waals surface area contributed by atoms with E-state index in [0.717, 1.165) is 36.1 Å². The van der Waals surface area contributed by atoms with Gasteiger partial charge in [-0.2, -0.15) is 0 Å². The highest BCUT2D eigenvalue weighted by Gasteiger charge is 2.20. The first-order valence-electron chi connectivity index (χ1n) is 7.69. The number of hydrogen-bond donors (Lipinski definition) is 2. The van der Waals surface area contributed by atoms with Crippen LogP contribution >= 0.6 is 0 Å². The van der Waals surface area contributed by atoms with Gasteiger partial charge < -0.3 is 15.6 Å². The number of nitrogens with one attached hydrogen (secondary N) is 1. The minimum atomic E-state index is 0.254. The van der Waals surface area contributed by atoms with Crippen LogP contribution in [0.15, 0.2) is 36.5 Å². The van der Waals surface area contributed by atoms with Gasteiger partial charge in [0.15, 0.2) is 0 Å². The number of aromatic nitrogens is 2. The third-order valence-corrected chi connectivity index (χ3v) is 4.38. The normalized spacial score (nSPS) is 20.0. The summed E-state index contributed by atoms with van der Waals surface area (Å²) in [4.78, 5) is 10.6. The van der Waals surface area contributed by atoms with Gasteiger partial charge in [-0.25, -0.2) is 4.98 Å². The van der Waals surface area contributed by atoms with Gasteiger partial charge >= 0.3 is 0 Å². The van der Waals surface area contributed by atoms with Gasteiger partial charge in [0, 0.05) is 30.7 Å². The molecule has 0 spiro atoms. The Hall–Kier alpha value is -2.07. The molecule has 0 aliphatic carbocycles. The van der Waals surface area contributed by atoms with Crippen LogP contribution in [-0.2, 0) is 0 Å². The van der Waals surface area contributed by atoms with E-state index in [2.05, 4.69) is 34.1 Å². The number of nitrogens with two attached hydrogens (primary N) is 1. The van der Waals surface area contributed by atoms with Crippen LogP contribution in [0.1, 0.15) is 19.3 Å². The van der Waals surface area contributed by atoms with Crippen molar-refractivity contribution in [2.75, 3.05) is 18.0 Å². The summed E-state index contributed by atoms with van der Waals surface area (Å²) in [6.45, 7) is 1.98. The standard InChI is InChI=1S/C17H20N4/c18-12-5-1-2-10-21(11-12)17-13-6-3-7-14(13)20-15-8-4-9-19-16(15)17/h3-4,6-9,12,19H,1-2,5,10-11,18H2. The quantitative estimate of drug-likeness (QED) is 0.720. The molecule has 2 aromatic heterocycles. The van der Waals surface area contributed by atoms with Crippen LogP contribution in [0.3, 0.4) is 0 Å². The average Bonchev–Trinajstić information content (AvgIpc) is 2.85. The molecule has 3 N–H and O–H groups in total. The second-order valence-electron chi connectivity index (χ2n) is 5.92. The van der Waals surface area contributed by atoms with Crippen molar-refractivity contribution in [3.8, 4) is 0 Å². The maximum atomic E-state index is 6.26. The lowest BCUT2D eigenvalue weighted by Gasteiger charge is -2.27. The molecule has 4 rings (SSSR count). The van der Waals surface area contributed by atoms with Gasteiger partial charge in [-0.3, -0.25) is 0 Å². The molecule has 3 heterocycles. The lowest BCUT2D eigenvalue weighted by molar-refractivity contribution is 0.621. The summed E-state index contributed by atoms with van der Waals surface area (Å²) in [6, 6.07) is 10.7. The Labute approximate surface area is 124 Å². The molecule has 21 heavy (non-hydrogen) atoms. The van der Waals surface area contributed by atoms with Gasteiger partial charge in [-0.05, 0) is 31.0 Å². The van der Waals surface area contributed by atoms with Crippen molar-refractivity contribution in [2.24, 2.45) is 5.73 Å². The molecule has 1 saturated heterocycles. The summed E-state index contributed by atoms with van der Waals surface area (Å²) in [5.41, 5.74) is 10.7. The highest BCUT2D eigenvalue weighted by atomic mass is 15.2. The van der Waals surface area contributed by atoms with E-state index >= 15 is 0 Å². The van der Waals surface area contributed by atoms with Gasteiger partial charge in [0.05, 0.1) is 22.2 Å². The smallest absolute Gasteiger partial charge is 0.0894 e. The first-order valence-corrected chi connectivity index (χ1v) is 7.69. The van der Waals surface area contributed by atoms with Crippen molar-refractivity contribution in [1.29, 1.82) is 0 Å². The monoisotopic (exact) mass is 280 g/mol. The summed E-state index contributed by atoms with van der Waals surface area (Å²) < 4.78 is 0. The van der Waals surface area contributed by atoms with E-state index in [1.807, 2.05) is 12.3 Å². The van der Waals surface area contributed by atoms with Gasteiger partial charge in [-0.1, -0.05) is 18.6 Å². The first-order chi connectivity index (χ1) is 10.3. The number of H-pyrrole nitrogens is 1. The number of rotatable bonds is 1. The van der Waals surface area contributed by atoms with Crippen LogP contribution in [-0.4, -0.2) is 29.1 Å². The van der Waals surface area contributed by atoms with E-state index in [9.17, 15) is 0 Å². The second-order valence-corrected chi connectivity index (χ2v) is 5.92. The molecule has 3 aromatic rings. The van der Waals surface area contributed by atoms with Crippen molar-refractivity contribution < 1.29 is 0 Å². The van der Waals surface area contributed by atoms with Crippen molar-refractivity contribution in [3.63, 3.8) is 0 Å². The molecule has 0 amide bonds. The average molecular weight is 280 g/mol. The fourth-order valence-electron chi connectivity index (χ4n) is 3.39. The predicted molar refractivity (Wildman–Crippen MR) is 87.6 cm³/mol. The topological polar surface area (TPSA) is 57.9 Å². The summed E-state index contributed by atoms with van der Waals surface area (Å²) in [5, 5.41) is 1.22. The highest BCUT2D eigenvalue weighted by Crippen LogP contribution is 2.34. The van der Waals surface area contributed by atoms with Crippen LogP contribution in [0.25, 0.3) is 21.9 Å². The molecule has 1 fully saturated rings. The molecule has 1 aliphatic rings. The van der Waals surface area contributed by atoms with Crippen molar-refractivity contribution >= 4 is 27.6 Å². The third-order valence-electron chi connectivity index (χ3n) is 4.38. The van der Waals surface area contributed by atoms with Crippen molar-refractivity contribution in [3.05, 3.63) is 36.5 Å². The Balaban J connectivity index is 1.96. The molecule has 1 aliphatic heterocycles. The Morgan fingerprint density at radius 3 is 3.00 bits per heavy atom.